The molecule has 0 fully saturated rings. The summed E-state index contributed by atoms with van der Waals surface area (Å²) in [4.78, 5) is 2.50. The van der Waals surface area contributed by atoms with Crippen molar-refractivity contribution >= 4 is 9.84 Å². The Morgan fingerprint density at radius 1 is 1.38 bits per heavy atom. The second kappa shape index (κ2) is 5.09. The van der Waals surface area contributed by atoms with Crippen LogP contribution < -0.4 is 0 Å². The summed E-state index contributed by atoms with van der Waals surface area (Å²) in [7, 11) is -3.10. The minimum Gasteiger partial charge on any atom is -0.229 e. The average molecular weight is 205 g/mol. The Labute approximate surface area is 78.7 Å². The molecule has 5 nitrogen and oxygen atoms in total. The van der Waals surface area contributed by atoms with Gasteiger partial charge in [0.15, 0.2) is 9.84 Å². The summed E-state index contributed by atoms with van der Waals surface area (Å²) >= 11 is 0. The van der Waals surface area contributed by atoms with E-state index in [-0.39, 0.29) is 23.5 Å². The number of hydrogen-bond donors (Lipinski definition) is 0. The van der Waals surface area contributed by atoms with Gasteiger partial charge in [0.1, 0.15) is 0 Å². The van der Waals surface area contributed by atoms with Crippen LogP contribution in [0.15, 0.2) is 5.11 Å². The summed E-state index contributed by atoms with van der Waals surface area (Å²) in [5.74, 6) is 0.0345. The molecule has 6 heteroatoms. The van der Waals surface area contributed by atoms with Gasteiger partial charge in [-0.25, -0.2) is 8.42 Å². The van der Waals surface area contributed by atoms with Crippen LogP contribution in [0.1, 0.15) is 20.8 Å². The van der Waals surface area contributed by atoms with E-state index in [1.54, 1.807) is 6.92 Å². The van der Waals surface area contributed by atoms with Gasteiger partial charge in [0.2, 0.25) is 0 Å². The summed E-state index contributed by atoms with van der Waals surface area (Å²) in [6.07, 6.45) is 0. The first-order valence-corrected chi connectivity index (χ1v) is 5.85. The molecule has 0 aromatic rings. The molecule has 76 valence electrons. The molecular formula is C7H15N3O2S. The zero-order chi connectivity index (χ0) is 10.5. The van der Waals surface area contributed by atoms with Crippen molar-refractivity contribution in [3.63, 3.8) is 0 Å². The van der Waals surface area contributed by atoms with Crippen molar-refractivity contribution in [3.8, 4) is 0 Å². The normalized spacial score (nSPS) is 13.8. The molecule has 0 radical (unpaired) electrons. The second-order valence-electron chi connectivity index (χ2n) is 3.27. The highest BCUT2D eigenvalue weighted by Crippen LogP contribution is 2.12. The van der Waals surface area contributed by atoms with Crippen molar-refractivity contribution in [2.45, 2.75) is 26.0 Å². The average Bonchev–Trinajstić information content (AvgIpc) is 2.03. The van der Waals surface area contributed by atoms with Gasteiger partial charge in [-0.3, -0.25) is 0 Å². The molecule has 0 rings (SSSR count). The van der Waals surface area contributed by atoms with Gasteiger partial charge in [-0.05, 0) is 18.4 Å². The van der Waals surface area contributed by atoms with Gasteiger partial charge in [0.05, 0.1) is 11.0 Å². The molecule has 0 amide bonds. The monoisotopic (exact) mass is 205 g/mol. The molecule has 0 aromatic heterocycles. The minimum absolute atomic E-state index is 0.0237. The lowest BCUT2D eigenvalue weighted by atomic mass is 10.2. The molecule has 1 atom stereocenters. The highest BCUT2D eigenvalue weighted by Gasteiger charge is 2.22. The first kappa shape index (κ1) is 12.3. The molecule has 0 aromatic carbocycles. The molecule has 0 aliphatic rings. The van der Waals surface area contributed by atoms with Crippen molar-refractivity contribution < 1.29 is 8.42 Å². The van der Waals surface area contributed by atoms with Gasteiger partial charge in [0, 0.05) is 11.5 Å². The fourth-order valence-electron chi connectivity index (χ4n) is 0.813. The second-order valence-corrected chi connectivity index (χ2v) is 5.75. The van der Waals surface area contributed by atoms with E-state index in [9.17, 15) is 8.42 Å². The third-order valence-corrected chi connectivity index (χ3v) is 4.47. The summed E-state index contributed by atoms with van der Waals surface area (Å²) in [6.45, 7) is 5.41. The van der Waals surface area contributed by atoms with Crippen LogP contribution in [-0.4, -0.2) is 26.0 Å². The fourth-order valence-corrected chi connectivity index (χ4v) is 2.35. The van der Waals surface area contributed by atoms with E-state index >= 15 is 0 Å². The maximum Gasteiger partial charge on any atom is 0.153 e. The summed E-state index contributed by atoms with van der Waals surface area (Å²) in [5, 5.41) is 2.83. The number of azide groups is 1. The van der Waals surface area contributed by atoms with Crippen LogP contribution in [0, 0.1) is 5.92 Å². The van der Waals surface area contributed by atoms with E-state index in [0.29, 0.717) is 0 Å². The van der Waals surface area contributed by atoms with E-state index in [2.05, 4.69) is 10.0 Å². The van der Waals surface area contributed by atoms with Crippen LogP contribution in [0.3, 0.4) is 0 Å². The van der Waals surface area contributed by atoms with Crippen molar-refractivity contribution in [1.29, 1.82) is 0 Å². The number of hydrogen-bond acceptors (Lipinski definition) is 3. The van der Waals surface area contributed by atoms with Crippen LogP contribution in [-0.2, 0) is 9.84 Å². The van der Waals surface area contributed by atoms with Crippen LogP contribution in [0.2, 0.25) is 0 Å². The standard InChI is InChI=1S/C7H15N3O2S/c1-6(2)7(3)13(11,12)5-4-9-10-8/h6-7H,4-5H2,1-3H3. The maximum absolute atomic E-state index is 11.5. The first-order chi connectivity index (χ1) is 5.91. The minimum atomic E-state index is -3.10. The molecule has 0 bridgehead atoms. The Hall–Kier alpha value is -0.740. The quantitative estimate of drug-likeness (QED) is 0.389. The molecule has 0 heterocycles. The Morgan fingerprint density at radius 3 is 2.31 bits per heavy atom. The van der Waals surface area contributed by atoms with Gasteiger partial charge in [0.25, 0.3) is 0 Å². The third kappa shape index (κ3) is 4.15. The predicted molar refractivity (Wildman–Crippen MR) is 52.1 cm³/mol. The molecule has 0 spiro atoms. The van der Waals surface area contributed by atoms with Crippen molar-refractivity contribution in [3.05, 3.63) is 10.4 Å². The van der Waals surface area contributed by atoms with Crippen LogP contribution in [0.5, 0.6) is 0 Å². The Balaban J connectivity index is 4.32. The highest BCUT2D eigenvalue weighted by molar-refractivity contribution is 7.92. The molecule has 13 heavy (non-hydrogen) atoms. The Bertz CT molecular complexity index is 291. The Morgan fingerprint density at radius 2 is 1.92 bits per heavy atom. The summed E-state index contributed by atoms with van der Waals surface area (Å²) in [6, 6.07) is 0. The molecule has 0 aliphatic carbocycles. The number of nitrogens with zero attached hydrogens (tertiary/aromatic N) is 3. The van der Waals surface area contributed by atoms with Crippen LogP contribution in [0.4, 0.5) is 0 Å². The van der Waals surface area contributed by atoms with E-state index in [1.807, 2.05) is 13.8 Å². The lowest BCUT2D eigenvalue weighted by Gasteiger charge is -2.15. The maximum atomic E-state index is 11.5. The van der Waals surface area contributed by atoms with E-state index in [1.165, 1.54) is 0 Å². The van der Waals surface area contributed by atoms with Crippen molar-refractivity contribution in [2.75, 3.05) is 12.3 Å². The molecule has 0 saturated heterocycles. The molecular weight excluding hydrogens is 190 g/mol. The SMILES string of the molecule is CC(C)C(C)S(=O)(=O)CCN=[N+]=[N-]. The van der Waals surface area contributed by atoms with Gasteiger partial charge in [-0.1, -0.05) is 19.0 Å². The molecule has 0 aliphatic heterocycles. The first-order valence-electron chi connectivity index (χ1n) is 4.14. The van der Waals surface area contributed by atoms with Crippen LogP contribution in [0.25, 0.3) is 10.4 Å². The van der Waals surface area contributed by atoms with E-state index in [0.717, 1.165) is 0 Å². The topological polar surface area (TPSA) is 82.9 Å². The highest BCUT2D eigenvalue weighted by atomic mass is 32.2. The van der Waals surface area contributed by atoms with E-state index in [4.69, 9.17) is 5.53 Å². The van der Waals surface area contributed by atoms with Gasteiger partial charge >= 0.3 is 0 Å². The van der Waals surface area contributed by atoms with Gasteiger partial charge in [-0.15, -0.1) is 0 Å². The predicted octanol–water partition coefficient (Wildman–Crippen LogP) is 1.76. The number of rotatable bonds is 5. The summed E-state index contributed by atoms with van der Waals surface area (Å²) in [5.41, 5.74) is 7.97. The van der Waals surface area contributed by atoms with Crippen molar-refractivity contribution in [2.24, 2.45) is 11.0 Å². The fraction of sp³-hybridized carbons (Fsp3) is 1.00. The van der Waals surface area contributed by atoms with Gasteiger partial charge in [-0.2, -0.15) is 0 Å². The lowest BCUT2D eigenvalue weighted by Crippen LogP contribution is -2.26. The lowest BCUT2D eigenvalue weighted by molar-refractivity contribution is 0.546. The van der Waals surface area contributed by atoms with Crippen LogP contribution >= 0.6 is 0 Å². The third-order valence-electron chi connectivity index (χ3n) is 2.04. The molecule has 0 N–H and O–H groups in total. The Kier molecular flexibility index (Phi) is 4.80. The zero-order valence-electron chi connectivity index (χ0n) is 8.14. The largest absolute Gasteiger partial charge is 0.229 e. The molecule has 1 unspecified atom stereocenters. The summed E-state index contributed by atoms with van der Waals surface area (Å²) < 4.78 is 22.9. The number of sulfone groups is 1. The molecule has 0 saturated carbocycles. The smallest absolute Gasteiger partial charge is 0.153 e. The van der Waals surface area contributed by atoms with E-state index < -0.39 is 9.84 Å². The van der Waals surface area contributed by atoms with Crippen molar-refractivity contribution in [1.82, 2.24) is 0 Å². The zero-order valence-corrected chi connectivity index (χ0v) is 8.95. The van der Waals surface area contributed by atoms with Gasteiger partial charge < -0.3 is 0 Å².